The number of aliphatic hydroxyl groups excluding tert-OH is 2. The SMILES string of the molecule is CC.CC(O)c1ccccc1.Cc1ccccc1C(O)c1ccccc1. The van der Waals surface area contributed by atoms with Crippen LogP contribution in [0, 0.1) is 6.92 Å². The maximum absolute atomic E-state index is 10.2. The summed E-state index contributed by atoms with van der Waals surface area (Å²) in [5, 5.41) is 19.2. The number of rotatable bonds is 3. The number of aryl methyl sites for hydroxylation is 1. The summed E-state index contributed by atoms with van der Waals surface area (Å²) in [6.45, 7) is 7.77. The fraction of sp³-hybridized carbons (Fsp3) is 0.250. The Balaban J connectivity index is 0.000000263. The first-order chi connectivity index (χ1) is 12.6. The third-order valence-corrected chi connectivity index (χ3v) is 3.88. The molecule has 2 N–H and O–H groups in total. The fourth-order valence-corrected chi connectivity index (χ4v) is 2.44. The van der Waals surface area contributed by atoms with Crippen LogP contribution >= 0.6 is 0 Å². The third-order valence-electron chi connectivity index (χ3n) is 3.88. The molecule has 2 nitrogen and oxygen atoms in total. The molecule has 0 aliphatic carbocycles. The van der Waals surface area contributed by atoms with Crippen LogP contribution in [0.25, 0.3) is 0 Å². The average Bonchev–Trinajstić information content (AvgIpc) is 2.71. The summed E-state index contributed by atoms with van der Waals surface area (Å²) in [5.41, 5.74) is 4.00. The molecule has 0 saturated heterocycles. The molecule has 0 aromatic heterocycles. The van der Waals surface area contributed by atoms with Gasteiger partial charge in [-0.25, -0.2) is 0 Å². The van der Waals surface area contributed by atoms with Crippen molar-refractivity contribution in [3.8, 4) is 0 Å². The van der Waals surface area contributed by atoms with Crippen molar-refractivity contribution in [1.29, 1.82) is 0 Å². The van der Waals surface area contributed by atoms with Crippen molar-refractivity contribution in [3.05, 3.63) is 107 Å². The topological polar surface area (TPSA) is 40.5 Å². The van der Waals surface area contributed by atoms with E-state index in [1.54, 1.807) is 6.92 Å². The second kappa shape index (κ2) is 12.0. The Labute approximate surface area is 157 Å². The van der Waals surface area contributed by atoms with Gasteiger partial charge in [-0.15, -0.1) is 0 Å². The van der Waals surface area contributed by atoms with Crippen LogP contribution < -0.4 is 0 Å². The molecule has 0 fully saturated rings. The van der Waals surface area contributed by atoms with E-state index in [1.165, 1.54) is 0 Å². The summed E-state index contributed by atoms with van der Waals surface area (Å²) < 4.78 is 0. The predicted molar refractivity (Wildman–Crippen MR) is 110 cm³/mol. The minimum Gasteiger partial charge on any atom is -0.389 e. The van der Waals surface area contributed by atoms with Crippen molar-refractivity contribution >= 4 is 0 Å². The van der Waals surface area contributed by atoms with Crippen LogP contribution in [0.3, 0.4) is 0 Å². The zero-order valence-corrected chi connectivity index (χ0v) is 16.1. The van der Waals surface area contributed by atoms with Crippen molar-refractivity contribution in [3.63, 3.8) is 0 Å². The summed E-state index contributed by atoms with van der Waals surface area (Å²) in [6, 6.07) is 27.2. The second-order valence-electron chi connectivity index (χ2n) is 5.76. The van der Waals surface area contributed by atoms with E-state index in [1.807, 2.05) is 106 Å². The van der Waals surface area contributed by atoms with Gasteiger partial charge in [-0.3, -0.25) is 0 Å². The lowest BCUT2D eigenvalue weighted by atomic mass is 9.98. The van der Waals surface area contributed by atoms with E-state index < -0.39 is 6.10 Å². The van der Waals surface area contributed by atoms with Crippen LogP contribution in [-0.4, -0.2) is 10.2 Å². The lowest BCUT2D eigenvalue weighted by molar-refractivity contribution is 0.199. The van der Waals surface area contributed by atoms with Gasteiger partial charge in [-0.05, 0) is 36.1 Å². The summed E-state index contributed by atoms with van der Waals surface area (Å²) >= 11 is 0. The molecular weight excluding hydrogens is 320 g/mol. The number of hydrogen-bond donors (Lipinski definition) is 2. The highest BCUT2D eigenvalue weighted by Crippen LogP contribution is 2.23. The van der Waals surface area contributed by atoms with E-state index in [9.17, 15) is 5.11 Å². The molecule has 0 amide bonds. The van der Waals surface area contributed by atoms with Crippen LogP contribution in [0.5, 0.6) is 0 Å². The standard InChI is InChI=1S/C14H14O.C8H10O.C2H6/c1-11-7-5-6-10-13(11)14(15)12-8-3-2-4-9-12;1-7(9)8-5-3-2-4-6-8;1-2/h2-10,14-15H,1H3;2-7,9H,1H3;1-2H3. The molecule has 0 aliphatic rings. The van der Waals surface area contributed by atoms with Crippen LogP contribution in [0.15, 0.2) is 84.9 Å². The first kappa shape index (κ1) is 21.6. The van der Waals surface area contributed by atoms with Gasteiger partial charge in [0.2, 0.25) is 0 Å². The second-order valence-corrected chi connectivity index (χ2v) is 5.76. The lowest BCUT2D eigenvalue weighted by Gasteiger charge is -2.13. The van der Waals surface area contributed by atoms with Gasteiger partial charge in [0.25, 0.3) is 0 Å². The van der Waals surface area contributed by atoms with Crippen LogP contribution in [0.1, 0.15) is 55.2 Å². The lowest BCUT2D eigenvalue weighted by Crippen LogP contribution is -2.01. The zero-order valence-electron chi connectivity index (χ0n) is 16.1. The smallest absolute Gasteiger partial charge is 0.104 e. The highest BCUT2D eigenvalue weighted by Gasteiger charge is 2.11. The van der Waals surface area contributed by atoms with Gasteiger partial charge in [0, 0.05) is 0 Å². The van der Waals surface area contributed by atoms with Gasteiger partial charge in [0.05, 0.1) is 6.10 Å². The highest BCUT2D eigenvalue weighted by atomic mass is 16.3. The Bertz CT molecular complexity index is 721. The number of hydrogen-bond acceptors (Lipinski definition) is 2. The fourth-order valence-electron chi connectivity index (χ4n) is 2.44. The van der Waals surface area contributed by atoms with Crippen molar-refractivity contribution in [2.75, 3.05) is 0 Å². The Morgan fingerprint density at radius 1 is 0.615 bits per heavy atom. The highest BCUT2D eigenvalue weighted by molar-refractivity contribution is 5.34. The summed E-state index contributed by atoms with van der Waals surface area (Å²) in [7, 11) is 0. The Morgan fingerprint density at radius 2 is 1.04 bits per heavy atom. The number of aliphatic hydroxyl groups is 2. The molecule has 2 atom stereocenters. The van der Waals surface area contributed by atoms with Crippen molar-refractivity contribution in [1.82, 2.24) is 0 Å². The van der Waals surface area contributed by atoms with Crippen LogP contribution in [-0.2, 0) is 0 Å². The first-order valence-electron chi connectivity index (χ1n) is 9.11. The molecular formula is C24H30O2. The van der Waals surface area contributed by atoms with E-state index in [2.05, 4.69) is 0 Å². The molecule has 0 radical (unpaired) electrons. The molecule has 3 aromatic rings. The van der Waals surface area contributed by atoms with E-state index in [0.717, 1.165) is 22.3 Å². The van der Waals surface area contributed by atoms with E-state index in [4.69, 9.17) is 5.11 Å². The van der Waals surface area contributed by atoms with Gasteiger partial charge < -0.3 is 10.2 Å². The predicted octanol–water partition coefficient (Wildman–Crippen LogP) is 5.84. The molecule has 138 valence electrons. The Hall–Kier alpha value is -2.42. The van der Waals surface area contributed by atoms with E-state index in [-0.39, 0.29) is 6.10 Å². The molecule has 3 aromatic carbocycles. The largest absolute Gasteiger partial charge is 0.389 e. The van der Waals surface area contributed by atoms with Crippen molar-refractivity contribution in [2.45, 2.75) is 39.9 Å². The van der Waals surface area contributed by atoms with E-state index in [0.29, 0.717) is 0 Å². The Morgan fingerprint density at radius 3 is 1.46 bits per heavy atom. The third kappa shape index (κ3) is 6.83. The Kier molecular flexibility index (Phi) is 9.99. The molecule has 0 bridgehead atoms. The van der Waals surface area contributed by atoms with Gasteiger partial charge in [0.15, 0.2) is 0 Å². The quantitative estimate of drug-likeness (QED) is 0.623. The van der Waals surface area contributed by atoms with Crippen LogP contribution in [0.2, 0.25) is 0 Å². The van der Waals surface area contributed by atoms with Gasteiger partial charge >= 0.3 is 0 Å². The molecule has 2 heteroatoms. The molecule has 2 unspecified atom stereocenters. The van der Waals surface area contributed by atoms with Crippen molar-refractivity contribution < 1.29 is 10.2 Å². The van der Waals surface area contributed by atoms with Gasteiger partial charge in [-0.2, -0.15) is 0 Å². The number of benzene rings is 3. The monoisotopic (exact) mass is 350 g/mol. The normalized spacial score (nSPS) is 11.9. The zero-order chi connectivity index (χ0) is 19.4. The van der Waals surface area contributed by atoms with Gasteiger partial charge in [-0.1, -0.05) is 98.8 Å². The maximum Gasteiger partial charge on any atom is 0.104 e. The summed E-state index contributed by atoms with van der Waals surface area (Å²) in [6.07, 6.45) is -0.862. The van der Waals surface area contributed by atoms with Gasteiger partial charge in [0.1, 0.15) is 6.10 Å². The maximum atomic E-state index is 10.2. The van der Waals surface area contributed by atoms with Crippen molar-refractivity contribution in [2.24, 2.45) is 0 Å². The molecule has 0 saturated carbocycles. The average molecular weight is 351 g/mol. The molecule has 26 heavy (non-hydrogen) atoms. The molecule has 0 heterocycles. The molecule has 0 spiro atoms. The molecule has 0 aliphatic heterocycles. The van der Waals surface area contributed by atoms with E-state index >= 15 is 0 Å². The first-order valence-corrected chi connectivity index (χ1v) is 9.11. The molecule has 3 rings (SSSR count). The minimum absolute atomic E-state index is 0.341. The summed E-state index contributed by atoms with van der Waals surface area (Å²) in [4.78, 5) is 0. The minimum atomic E-state index is -0.521. The summed E-state index contributed by atoms with van der Waals surface area (Å²) in [5.74, 6) is 0. The van der Waals surface area contributed by atoms with Crippen LogP contribution in [0.4, 0.5) is 0 Å².